The van der Waals surface area contributed by atoms with Gasteiger partial charge in [-0.2, -0.15) is 0 Å². The van der Waals surface area contributed by atoms with Crippen molar-refractivity contribution in [3.05, 3.63) is 34.4 Å². The summed E-state index contributed by atoms with van der Waals surface area (Å²) in [6, 6.07) is 3.09. The Balaban J connectivity index is 2.20. The molecule has 2 aromatic rings. The van der Waals surface area contributed by atoms with Crippen LogP contribution < -0.4 is 0 Å². The van der Waals surface area contributed by atoms with Crippen molar-refractivity contribution >= 4 is 0 Å². The fraction of sp³-hybridized carbons (Fsp3) is 0.556. The summed E-state index contributed by atoms with van der Waals surface area (Å²) in [5.41, 5.74) is 0.872. The second kappa shape index (κ2) is 7.37. The zero-order chi connectivity index (χ0) is 24.5. The zero-order valence-electron chi connectivity index (χ0n) is 20.2. The molecule has 0 radical (unpaired) electrons. The Kier molecular flexibility index (Phi) is 5.23. The normalized spacial score (nSPS) is 30.0. The van der Waals surface area contributed by atoms with Gasteiger partial charge in [0.15, 0.2) is 23.0 Å². The van der Waals surface area contributed by atoms with E-state index in [0.29, 0.717) is 23.1 Å². The molecule has 0 amide bonds. The summed E-state index contributed by atoms with van der Waals surface area (Å²) in [4.78, 5) is 0. The van der Waals surface area contributed by atoms with Crippen LogP contribution in [0.4, 0.5) is 0 Å². The summed E-state index contributed by atoms with van der Waals surface area (Å²) in [6.07, 6.45) is 4.58. The van der Waals surface area contributed by atoms with Gasteiger partial charge in [-0.3, -0.25) is 0 Å². The van der Waals surface area contributed by atoms with Crippen LogP contribution in [0.2, 0.25) is 0 Å². The SMILES string of the molecule is CCCC1(C)CC2(c3cc(O)c(O)c(O)c3C(C)(CCC)C2CC)c2c1cc(O)c(O)c2O. The molecule has 0 aromatic heterocycles. The fourth-order valence-electron chi connectivity index (χ4n) is 7.77. The lowest BCUT2D eigenvalue weighted by atomic mass is 9.61. The molecule has 4 unspecified atom stereocenters. The van der Waals surface area contributed by atoms with Crippen molar-refractivity contribution in [3.63, 3.8) is 0 Å². The number of hydrogen-bond donors (Lipinski definition) is 6. The number of benzene rings is 2. The average molecular weight is 457 g/mol. The van der Waals surface area contributed by atoms with E-state index in [1.807, 2.05) is 0 Å². The van der Waals surface area contributed by atoms with E-state index in [1.54, 1.807) is 6.07 Å². The molecule has 6 nitrogen and oxygen atoms in total. The molecule has 0 bridgehead atoms. The van der Waals surface area contributed by atoms with Gasteiger partial charge in [-0.05, 0) is 53.9 Å². The van der Waals surface area contributed by atoms with Crippen molar-refractivity contribution in [1.29, 1.82) is 0 Å². The van der Waals surface area contributed by atoms with E-state index in [9.17, 15) is 30.6 Å². The standard InChI is InChI=1S/C27H36O6/c1-6-9-25(4)13-27(20-14(25)11-16(28)22(31)24(20)33)15-12-17(29)21(30)23(32)19(15)26(5,10-7-2)18(27)8-3/h11-12,18,28-33H,6-10,13H2,1-5H3. The lowest BCUT2D eigenvalue weighted by Crippen LogP contribution is -2.40. The minimum absolute atomic E-state index is 0.0840. The van der Waals surface area contributed by atoms with Gasteiger partial charge in [0.1, 0.15) is 0 Å². The summed E-state index contributed by atoms with van der Waals surface area (Å²) < 4.78 is 0. The van der Waals surface area contributed by atoms with Gasteiger partial charge in [0.25, 0.3) is 0 Å². The van der Waals surface area contributed by atoms with Crippen molar-refractivity contribution in [3.8, 4) is 34.5 Å². The molecule has 0 heterocycles. The van der Waals surface area contributed by atoms with Gasteiger partial charge in [-0.1, -0.05) is 53.9 Å². The maximum absolute atomic E-state index is 11.3. The third kappa shape index (κ3) is 2.72. The molecule has 0 aliphatic heterocycles. The first-order valence-corrected chi connectivity index (χ1v) is 12.0. The molecule has 4 rings (SSSR count). The molecule has 6 N–H and O–H groups in total. The molecule has 0 fully saturated rings. The molecular weight excluding hydrogens is 420 g/mol. The van der Waals surface area contributed by atoms with Crippen LogP contribution in [0.1, 0.15) is 95.4 Å². The molecule has 6 heteroatoms. The zero-order valence-corrected chi connectivity index (χ0v) is 20.2. The van der Waals surface area contributed by atoms with Gasteiger partial charge in [0, 0.05) is 22.0 Å². The second-order valence-corrected chi connectivity index (χ2v) is 10.6. The second-order valence-electron chi connectivity index (χ2n) is 10.6. The molecule has 4 atom stereocenters. The third-order valence-corrected chi connectivity index (χ3v) is 8.67. The number of phenolic OH excluding ortho intramolecular Hbond substituents is 6. The van der Waals surface area contributed by atoms with Crippen LogP contribution in [0.3, 0.4) is 0 Å². The van der Waals surface area contributed by atoms with Crippen molar-refractivity contribution in [2.45, 2.75) is 89.4 Å². The lowest BCUT2D eigenvalue weighted by Gasteiger charge is -2.42. The predicted octanol–water partition coefficient (Wildman–Crippen LogP) is 5.77. The number of hydrogen-bond acceptors (Lipinski definition) is 6. The molecule has 0 saturated heterocycles. The van der Waals surface area contributed by atoms with E-state index >= 15 is 0 Å². The summed E-state index contributed by atoms with van der Waals surface area (Å²) in [7, 11) is 0. The predicted molar refractivity (Wildman–Crippen MR) is 127 cm³/mol. The maximum Gasteiger partial charge on any atom is 0.200 e. The van der Waals surface area contributed by atoms with Gasteiger partial charge in [0.2, 0.25) is 11.5 Å². The topological polar surface area (TPSA) is 121 Å². The first-order valence-electron chi connectivity index (χ1n) is 12.0. The Hall–Kier alpha value is -2.76. The van der Waals surface area contributed by atoms with Crippen LogP contribution in [-0.2, 0) is 16.2 Å². The van der Waals surface area contributed by atoms with Gasteiger partial charge in [-0.15, -0.1) is 0 Å². The van der Waals surface area contributed by atoms with Gasteiger partial charge in [0.05, 0.1) is 0 Å². The smallest absolute Gasteiger partial charge is 0.200 e. The van der Waals surface area contributed by atoms with E-state index in [2.05, 4.69) is 34.6 Å². The Morgan fingerprint density at radius 1 is 0.727 bits per heavy atom. The number of rotatable bonds is 5. The first kappa shape index (κ1) is 23.4. The molecule has 33 heavy (non-hydrogen) atoms. The van der Waals surface area contributed by atoms with Gasteiger partial charge in [-0.25, -0.2) is 0 Å². The number of aromatic hydroxyl groups is 6. The average Bonchev–Trinajstić information content (AvgIpc) is 3.10. The molecule has 180 valence electrons. The fourth-order valence-corrected chi connectivity index (χ4v) is 7.77. The molecule has 2 aromatic carbocycles. The van der Waals surface area contributed by atoms with Crippen molar-refractivity contribution < 1.29 is 30.6 Å². The minimum Gasteiger partial charge on any atom is -0.504 e. The van der Waals surface area contributed by atoms with Crippen LogP contribution in [-0.4, -0.2) is 30.6 Å². The highest BCUT2D eigenvalue weighted by atomic mass is 16.3. The Labute approximate surface area is 195 Å². The molecule has 2 aliphatic carbocycles. The van der Waals surface area contributed by atoms with Crippen molar-refractivity contribution in [2.24, 2.45) is 5.92 Å². The highest BCUT2D eigenvalue weighted by Gasteiger charge is 2.65. The van der Waals surface area contributed by atoms with E-state index in [-0.39, 0.29) is 23.2 Å². The van der Waals surface area contributed by atoms with E-state index in [4.69, 9.17) is 0 Å². The monoisotopic (exact) mass is 456 g/mol. The van der Waals surface area contributed by atoms with Gasteiger partial charge >= 0.3 is 0 Å². The molecule has 2 aliphatic rings. The number of phenols is 6. The Morgan fingerprint density at radius 3 is 1.76 bits per heavy atom. The first-order chi connectivity index (χ1) is 15.4. The largest absolute Gasteiger partial charge is 0.504 e. The summed E-state index contributed by atoms with van der Waals surface area (Å²) in [6.45, 7) is 10.4. The van der Waals surface area contributed by atoms with Crippen LogP contribution in [0, 0.1) is 5.92 Å². The highest BCUT2D eigenvalue weighted by molar-refractivity contribution is 5.73. The molecular formula is C27H36O6. The number of fused-ring (bicyclic) bond motifs is 4. The van der Waals surface area contributed by atoms with Crippen molar-refractivity contribution in [1.82, 2.24) is 0 Å². The van der Waals surface area contributed by atoms with Crippen LogP contribution in [0.25, 0.3) is 0 Å². The molecule has 0 saturated carbocycles. The quantitative estimate of drug-likeness (QED) is 0.318. The summed E-state index contributed by atoms with van der Waals surface area (Å²) in [5, 5.41) is 64.4. The van der Waals surface area contributed by atoms with Crippen LogP contribution in [0.15, 0.2) is 12.1 Å². The summed E-state index contributed by atoms with van der Waals surface area (Å²) >= 11 is 0. The molecule has 1 spiro atoms. The van der Waals surface area contributed by atoms with E-state index in [1.165, 1.54) is 6.07 Å². The summed E-state index contributed by atoms with van der Waals surface area (Å²) in [5.74, 6) is -2.60. The third-order valence-electron chi connectivity index (χ3n) is 8.67. The maximum atomic E-state index is 11.3. The van der Waals surface area contributed by atoms with Crippen LogP contribution in [0.5, 0.6) is 34.5 Å². The van der Waals surface area contributed by atoms with E-state index in [0.717, 1.165) is 37.7 Å². The Bertz CT molecular complexity index is 1120. The minimum atomic E-state index is -0.814. The van der Waals surface area contributed by atoms with Crippen molar-refractivity contribution in [2.75, 3.05) is 0 Å². The Morgan fingerprint density at radius 2 is 1.24 bits per heavy atom. The van der Waals surface area contributed by atoms with Crippen LogP contribution >= 0.6 is 0 Å². The highest BCUT2D eigenvalue weighted by Crippen LogP contribution is 2.72. The van der Waals surface area contributed by atoms with E-state index < -0.39 is 33.5 Å². The lowest BCUT2D eigenvalue weighted by molar-refractivity contribution is 0.180. The van der Waals surface area contributed by atoms with Gasteiger partial charge < -0.3 is 30.6 Å².